The average Bonchev–Trinajstić information content (AvgIpc) is 3.06. The molecule has 21 heavy (non-hydrogen) atoms. The molecule has 4 unspecified atom stereocenters. The van der Waals surface area contributed by atoms with Crippen molar-refractivity contribution >= 4 is 27.5 Å². The summed E-state index contributed by atoms with van der Waals surface area (Å²) in [6, 6.07) is 6.45. The predicted molar refractivity (Wildman–Crippen MR) is 92.5 cm³/mol. The van der Waals surface area contributed by atoms with Gasteiger partial charge in [0.15, 0.2) is 0 Å². The van der Waals surface area contributed by atoms with Gasteiger partial charge in [-0.2, -0.15) is 0 Å². The van der Waals surface area contributed by atoms with Gasteiger partial charge in [0, 0.05) is 23.6 Å². The zero-order valence-corrected chi connectivity index (χ0v) is 14.9. The molecular weight excluding hydrogens is 348 g/mol. The van der Waals surface area contributed by atoms with E-state index in [2.05, 4.69) is 33.9 Å². The molecule has 2 saturated carbocycles. The van der Waals surface area contributed by atoms with Gasteiger partial charge in [-0.1, -0.05) is 24.1 Å². The lowest BCUT2D eigenvalue weighted by Crippen LogP contribution is -2.35. The summed E-state index contributed by atoms with van der Waals surface area (Å²) in [6.07, 6.45) is 5.80. The number of nitrogens with two attached hydrogens (primary N) is 1. The molecule has 0 aliphatic heterocycles. The van der Waals surface area contributed by atoms with Crippen LogP contribution in [0.2, 0.25) is 5.02 Å². The molecule has 0 heterocycles. The summed E-state index contributed by atoms with van der Waals surface area (Å²) in [5.41, 5.74) is 7.27. The number of hydrogen-bond donors (Lipinski definition) is 1. The Kier molecular flexibility index (Phi) is 4.94. The molecule has 4 atom stereocenters. The Morgan fingerprint density at radius 3 is 2.76 bits per heavy atom. The largest absolute Gasteiger partial charge is 0.329 e. The lowest BCUT2D eigenvalue weighted by Gasteiger charge is -2.32. The Hall–Kier alpha value is -0.0900. The van der Waals surface area contributed by atoms with Crippen LogP contribution in [-0.4, -0.2) is 25.0 Å². The number of fused-ring (bicyclic) bond motifs is 2. The quantitative estimate of drug-likeness (QED) is 0.827. The topological polar surface area (TPSA) is 29.3 Å². The highest BCUT2D eigenvalue weighted by atomic mass is 79.9. The lowest BCUT2D eigenvalue weighted by molar-refractivity contribution is 0.176. The zero-order valence-electron chi connectivity index (χ0n) is 12.6. The van der Waals surface area contributed by atoms with E-state index in [1.807, 2.05) is 12.1 Å². The summed E-state index contributed by atoms with van der Waals surface area (Å²) in [5.74, 6) is 2.84. The van der Waals surface area contributed by atoms with Crippen LogP contribution in [0, 0.1) is 17.8 Å². The standard InChI is InChI=1S/C17H24BrClN2/c1-21(10-14-7-11-2-3-12(14)6-11)17(9-20)13-4-5-15(18)16(19)8-13/h4-5,8,11-12,14,17H,2-3,6-7,9-10,20H2,1H3. The molecule has 2 N–H and O–H groups in total. The van der Waals surface area contributed by atoms with E-state index in [9.17, 15) is 0 Å². The van der Waals surface area contributed by atoms with Gasteiger partial charge in [-0.05, 0) is 77.7 Å². The van der Waals surface area contributed by atoms with Crippen LogP contribution >= 0.6 is 27.5 Å². The highest BCUT2D eigenvalue weighted by molar-refractivity contribution is 9.10. The van der Waals surface area contributed by atoms with Crippen LogP contribution in [0.3, 0.4) is 0 Å². The molecule has 2 bridgehead atoms. The molecule has 0 aromatic heterocycles. The molecule has 4 heteroatoms. The maximum absolute atomic E-state index is 6.24. The minimum atomic E-state index is 0.259. The van der Waals surface area contributed by atoms with Gasteiger partial charge >= 0.3 is 0 Å². The van der Waals surface area contributed by atoms with Crippen molar-refractivity contribution in [2.75, 3.05) is 20.1 Å². The van der Waals surface area contributed by atoms with Crippen molar-refractivity contribution in [3.8, 4) is 0 Å². The third-order valence-electron chi connectivity index (χ3n) is 5.49. The van der Waals surface area contributed by atoms with E-state index < -0.39 is 0 Å². The van der Waals surface area contributed by atoms with Gasteiger partial charge in [0.05, 0.1) is 5.02 Å². The summed E-state index contributed by atoms with van der Waals surface area (Å²) in [6.45, 7) is 1.80. The van der Waals surface area contributed by atoms with Gasteiger partial charge in [0.1, 0.15) is 0 Å². The van der Waals surface area contributed by atoms with Gasteiger partial charge in [0.2, 0.25) is 0 Å². The molecule has 0 radical (unpaired) electrons. The molecular formula is C17H24BrClN2. The van der Waals surface area contributed by atoms with E-state index >= 15 is 0 Å². The average molecular weight is 372 g/mol. The van der Waals surface area contributed by atoms with Crippen LogP contribution in [0.15, 0.2) is 22.7 Å². The fraction of sp³-hybridized carbons (Fsp3) is 0.647. The van der Waals surface area contributed by atoms with E-state index in [1.54, 1.807) is 0 Å². The smallest absolute Gasteiger partial charge is 0.0551 e. The minimum absolute atomic E-state index is 0.259. The molecule has 2 aliphatic carbocycles. The van der Waals surface area contributed by atoms with Crippen LogP contribution in [0.1, 0.15) is 37.3 Å². The number of hydrogen-bond acceptors (Lipinski definition) is 2. The van der Waals surface area contributed by atoms with Crippen LogP contribution in [-0.2, 0) is 0 Å². The molecule has 0 spiro atoms. The van der Waals surface area contributed by atoms with E-state index in [1.165, 1.54) is 31.2 Å². The number of halogens is 2. The summed E-state index contributed by atoms with van der Waals surface area (Å²) in [7, 11) is 2.21. The van der Waals surface area contributed by atoms with Crippen molar-refractivity contribution in [1.82, 2.24) is 4.90 Å². The van der Waals surface area contributed by atoms with Crippen molar-refractivity contribution in [3.05, 3.63) is 33.3 Å². The van der Waals surface area contributed by atoms with Crippen LogP contribution < -0.4 is 5.73 Å². The normalized spacial score (nSPS) is 29.3. The Morgan fingerprint density at radius 1 is 1.38 bits per heavy atom. The summed E-state index contributed by atoms with van der Waals surface area (Å²) >= 11 is 9.69. The predicted octanol–water partition coefficient (Wildman–Crippen LogP) is 4.47. The molecule has 2 aliphatic rings. The second kappa shape index (κ2) is 6.57. The van der Waals surface area contributed by atoms with Gasteiger partial charge in [0.25, 0.3) is 0 Å². The fourth-order valence-corrected chi connectivity index (χ4v) is 4.82. The first-order valence-electron chi connectivity index (χ1n) is 7.93. The molecule has 2 nitrogen and oxygen atoms in total. The lowest BCUT2D eigenvalue weighted by atomic mass is 9.88. The fourth-order valence-electron chi connectivity index (χ4n) is 4.39. The first-order chi connectivity index (χ1) is 10.1. The van der Waals surface area contributed by atoms with Crippen molar-refractivity contribution in [2.24, 2.45) is 23.5 Å². The second-order valence-corrected chi connectivity index (χ2v) is 8.06. The van der Waals surface area contributed by atoms with Crippen molar-refractivity contribution in [1.29, 1.82) is 0 Å². The third-order valence-corrected chi connectivity index (χ3v) is 6.72. The van der Waals surface area contributed by atoms with Crippen molar-refractivity contribution in [3.63, 3.8) is 0 Å². The summed E-state index contributed by atoms with van der Waals surface area (Å²) < 4.78 is 0.944. The molecule has 1 aromatic carbocycles. The van der Waals surface area contributed by atoms with E-state index in [0.717, 1.165) is 33.8 Å². The van der Waals surface area contributed by atoms with Crippen LogP contribution in [0.25, 0.3) is 0 Å². The molecule has 116 valence electrons. The summed E-state index contributed by atoms with van der Waals surface area (Å²) in [5, 5.41) is 0.763. The van der Waals surface area contributed by atoms with E-state index in [4.69, 9.17) is 17.3 Å². The highest BCUT2D eigenvalue weighted by Gasteiger charge is 2.40. The van der Waals surface area contributed by atoms with Crippen molar-refractivity contribution in [2.45, 2.75) is 31.7 Å². The Bertz CT molecular complexity index is 508. The number of rotatable bonds is 5. The van der Waals surface area contributed by atoms with Gasteiger partial charge in [-0.15, -0.1) is 0 Å². The Morgan fingerprint density at radius 2 is 2.19 bits per heavy atom. The second-order valence-electron chi connectivity index (χ2n) is 6.80. The maximum Gasteiger partial charge on any atom is 0.0551 e. The van der Waals surface area contributed by atoms with Crippen molar-refractivity contribution < 1.29 is 0 Å². The Balaban J connectivity index is 1.68. The maximum atomic E-state index is 6.24. The first-order valence-corrected chi connectivity index (χ1v) is 9.10. The van der Waals surface area contributed by atoms with Gasteiger partial charge in [-0.3, -0.25) is 4.90 Å². The number of likely N-dealkylation sites (N-methyl/N-ethyl adjacent to an activating group) is 1. The van der Waals surface area contributed by atoms with Crippen LogP contribution in [0.5, 0.6) is 0 Å². The molecule has 0 amide bonds. The monoisotopic (exact) mass is 370 g/mol. The molecule has 1 aromatic rings. The first kappa shape index (κ1) is 15.8. The number of benzene rings is 1. The summed E-state index contributed by atoms with van der Waals surface area (Å²) in [4.78, 5) is 2.44. The number of nitrogens with zero attached hydrogens (tertiary/aromatic N) is 1. The zero-order chi connectivity index (χ0) is 15.0. The van der Waals surface area contributed by atoms with E-state index in [0.29, 0.717) is 6.54 Å². The SMILES string of the molecule is CN(CC1CC2CCC1C2)C(CN)c1ccc(Br)c(Cl)c1. The molecule has 0 saturated heterocycles. The van der Waals surface area contributed by atoms with E-state index in [-0.39, 0.29) is 6.04 Å². The molecule has 2 fully saturated rings. The highest BCUT2D eigenvalue weighted by Crippen LogP contribution is 2.48. The van der Waals surface area contributed by atoms with Crippen LogP contribution in [0.4, 0.5) is 0 Å². The van der Waals surface area contributed by atoms with Gasteiger partial charge in [-0.25, -0.2) is 0 Å². The van der Waals surface area contributed by atoms with Gasteiger partial charge < -0.3 is 5.73 Å². The molecule has 3 rings (SSSR count). The Labute approximate surface area is 141 Å². The minimum Gasteiger partial charge on any atom is -0.329 e. The third kappa shape index (κ3) is 3.31.